The molecule has 4 rings (SSSR count). The molecule has 0 unspecified atom stereocenters. The summed E-state index contributed by atoms with van der Waals surface area (Å²) in [4.78, 5) is 12.6. The summed E-state index contributed by atoms with van der Waals surface area (Å²) in [5, 5.41) is 4.64. The van der Waals surface area contributed by atoms with Crippen molar-refractivity contribution in [3.63, 3.8) is 0 Å². The van der Waals surface area contributed by atoms with Crippen LogP contribution in [-0.2, 0) is 6.54 Å². The van der Waals surface area contributed by atoms with Crippen molar-refractivity contribution in [2.45, 2.75) is 27.3 Å². The number of benzene rings is 2. The first-order valence-corrected chi connectivity index (χ1v) is 9.23. The topological polar surface area (TPSA) is 53.4 Å². The van der Waals surface area contributed by atoms with E-state index in [1.807, 2.05) is 24.6 Å². The molecule has 2 heterocycles. The highest BCUT2D eigenvalue weighted by atomic mass is 16.7. The number of hydrogen-bond donors (Lipinski definition) is 0. The fourth-order valence-corrected chi connectivity index (χ4v) is 3.28. The third kappa shape index (κ3) is 3.56. The minimum Gasteiger partial charge on any atom is -0.454 e. The van der Waals surface area contributed by atoms with Crippen LogP contribution in [0.25, 0.3) is 6.08 Å². The summed E-state index contributed by atoms with van der Waals surface area (Å²) in [6.07, 6.45) is 3.43. The molecule has 1 aliphatic heterocycles. The molecule has 5 nitrogen and oxygen atoms in total. The second-order valence-electron chi connectivity index (χ2n) is 6.99. The van der Waals surface area contributed by atoms with Gasteiger partial charge in [-0.05, 0) is 56.7 Å². The molecule has 3 aromatic rings. The van der Waals surface area contributed by atoms with Gasteiger partial charge in [-0.2, -0.15) is 5.10 Å². The average molecular weight is 374 g/mol. The highest BCUT2D eigenvalue weighted by molar-refractivity contribution is 6.07. The molecule has 0 N–H and O–H groups in total. The van der Waals surface area contributed by atoms with Crippen LogP contribution in [0, 0.1) is 20.8 Å². The van der Waals surface area contributed by atoms with Crippen LogP contribution in [-0.4, -0.2) is 22.4 Å². The molecule has 0 saturated carbocycles. The zero-order chi connectivity index (χ0) is 19.7. The Hall–Kier alpha value is -3.34. The van der Waals surface area contributed by atoms with Crippen LogP contribution in [0.5, 0.6) is 11.5 Å². The van der Waals surface area contributed by atoms with Gasteiger partial charge in [0.15, 0.2) is 17.3 Å². The van der Waals surface area contributed by atoms with Gasteiger partial charge in [-0.25, -0.2) is 0 Å². The molecule has 0 fully saturated rings. The molecule has 5 heteroatoms. The maximum absolute atomic E-state index is 12.6. The van der Waals surface area contributed by atoms with E-state index in [4.69, 9.17) is 9.47 Å². The van der Waals surface area contributed by atoms with Crippen LogP contribution in [0.15, 0.2) is 48.5 Å². The van der Waals surface area contributed by atoms with Crippen molar-refractivity contribution < 1.29 is 14.3 Å². The Morgan fingerprint density at radius 2 is 1.82 bits per heavy atom. The van der Waals surface area contributed by atoms with E-state index in [9.17, 15) is 4.79 Å². The van der Waals surface area contributed by atoms with Crippen molar-refractivity contribution in [3.05, 3.63) is 82.2 Å². The average Bonchev–Trinajstić information content (AvgIpc) is 3.26. The highest BCUT2D eigenvalue weighted by Gasteiger charge is 2.15. The number of rotatable bonds is 5. The molecule has 0 saturated heterocycles. The molecule has 0 spiro atoms. The molecule has 2 aromatic carbocycles. The second-order valence-corrected chi connectivity index (χ2v) is 6.99. The Kier molecular flexibility index (Phi) is 4.74. The number of allylic oxidation sites excluding steroid dienone is 1. The Morgan fingerprint density at radius 1 is 1.07 bits per heavy atom. The molecular formula is C23H22N2O3. The van der Waals surface area contributed by atoms with Gasteiger partial charge in [-0.15, -0.1) is 0 Å². The number of hydrogen-bond acceptors (Lipinski definition) is 4. The summed E-state index contributed by atoms with van der Waals surface area (Å²) in [5.41, 5.74) is 5.92. The van der Waals surface area contributed by atoms with Crippen LogP contribution in [0.2, 0.25) is 0 Å². The molecule has 0 amide bonds. The van der Waals surface area contributed by atoms with E-state index in [2.05, 4.69) is 36.3 Å². The largest absolute Gasteiger partial charge is 0.454 e. The lowest BCUT2D eigenvalue weighted by Gasteiger charge is -2.05. The van der Waals surface area contributed by atoms with Crippen LogP contribution in [0.3, 0.4) is 0 Å². The molecule has 1 aliphatic rings. The first-order chi connectivity index (χ1) is 13.5. The molecule has 0 atom stereocenters. The Morgan fingerprint density at radius 3 is 2.61 bits per heavy atom. The summed E-state index contributed by atoms with van der Waals surface area (Å²) in [5.74, 6) is 1.20. The maximum atomic E-state index is 12.6. The lowest BCUT2D eigenvalue weighted by Crippen LogP contribution is -2.04. The number of ether oxygens (including phenoxy) is 2. The monoisotopic (exact) mass is 374 g/mol. The predicted molar refractivity (Wildman–Crippen MR) is 108 cm³/mol. The van der Waals surface area contributed by atoms with E-state index < -0.39 is 0 Å². The van der Waals surface area contributed by atoms with Crippen molar-refractivity contribution in [2.24, 2.45) is 0 Å². The van der Waals surface area contributed by atoms with Gasteiger partial charge < -0.3 is 9.47 Å². The van der Waals surface area contributed by atoms with Gasteiger partial charge in [0.05, 0.1) is 12.2 Å². The number of nitrogens with zero attached hydrogens (tertiary/aromatic N) is 2. The summed E-state index contributed by atoms with van der Waals surface area (Å²) < 4.78 is 12.6. The van der Waals surface area contributed by atoms with E-state index in [-0.39, 0.29) is 12.6 Å². The highest BCUT2D eigenvalue weighted by Crippen LogP contribution is 2.32. The molecule has 142 valence electrons. The SMILES string of the molecule is Cc1ccc(Cn2nc(C)c(/C=C/C(=O)c3ccc4c(c3)OCO4)c2C)cc1. The van der Waals surface area contributed by atoms with Crippen molar-refractivity contribution in [3.8, 4) is 11.5 Å². The zero-order valence-electron chi connectivity index (χ0n) is 16.2. The standard InChI is InChI=1S/C23H22N2O3/c1-15-4-6-18(7-5-15)13-25-17(3)20(16(2)24-25)9-10-21(26)19-8-11-22-23(12-19)28-14-27-22/h4-12H,13-14H2,1-3H3/b10-9+. The third-order valence-electron chi connectivity index (χ3n) is 4.95. The van der Waals surface area contributed by atoms with Crippen LogP contribution in [0.1, 0.15) is 38.4 Å². The summed E-state index contributed by atoms with van der Waals surface area (Å²) in [7, 11) is 0. The zero-order valence-corrected chi connectivity index (χ0v) is 16.2. The minimum atomic E-state index is -0.0802. The normalized spacial score (nSPS) is 12.7. The summed E-state index contributed by atoms with van der Waals surface area (Å²) in [6, 6.07) is 13.7. The number of carbonyl (C=O) groups excluding carboxylic acids is 1. The smallest absolute Gasteiger partial charge is 0.231 e. The van der Waals surface area contributed by atoms with Gasteiger partial charge in [0.25, 0.3) is 0 Å². The van der Waals surface area contributed by atoms with Crippen molar-refractivity contribution in [2.75, 3.05) is 6.79 Å². The molecule has 0 aliphatic carbocycles. The Bertz CT molecular complexity index is 1060. The van der Waals surface area contributed by atoms with Gasteiger partial charge in [0.2, 0.25) is 6.79 Å². The molecular weight excluding hydrogens is 352 g/mol. The van der Waals surface area contributed by atoms with Gasteiger partial charge in [0, 0.05) is 16.8 Å². The Balaban J connectivity index is 1.53. The first-order valence-electron chi connectivity index (χ1n) is 9.23. The van der Waals surface area contributed by atoms with Crippen LogP contribution >= 0.6 is 0 Å². The minimum absolute atomic E-state index is 0.0802. The van der Waals surface area contributed by atoms with E-state index in [0.29, 0.717) is 23.6 Å². The van der Waals surface area contributed by atoms with Crippen molar-refractivity contribution in [1.29, 1.82) is 0 Å². The lowest BCUT2D eigenvalue weighted by atomic mass is 10.1. The Labute approximate surface area is 164 Å². The lowest BCUT2D eigenvalue weighted by molar-refractivity contribution is 0.104. The molecule has 0 bridgehead atoms. The van der Waals surface area contributed by atoms with Gasteiger partial charge in [0.1, 0.15) is 0 Å². The fraction of sp³-hybridized carbons (Fsp3) is 0.217. The predicted octanol–water partition coefficient (Wildman–Crippen LogP) is 4.48. The number of carbonyl (C=O) groups is 1. The van der Waals surface area contributed by atoms with Gasteiger partial charge in [-0.3, -0.25) is 9.48 Å². The van der Waals surface area contributed by atoms with E-state index in [0.717, 1.165) is 17.0 Å². The van der Waals surface area contributed by atoms with Crippen LogP contribution in [0.4, 0.5) is 0 Å². The third-order valence-corrected chi connectivity index (χ3v) is 4.95. The van der Waals surface area contributed by atoms with Crippen molar-refractivity contribution >= 4 is 11.9 Å². The fourth-order valence-electron chi connectivity index (χ4n) is 3.28. The van der Waals surface area contributed by atoms with E-state index >= 15 is 0 Å². The quantitative estimate of drug-likeness (QED) is 0.488. The number of aromatic nitrogens is 2. The maximum Gasteiger partial charge on any atom is 0.231 e. The summed E-state index contributed by atoms with van der Waals surface area (Å²) in [6.45, 7) is 6.97. The van der Waals surface area contributed by atoms with Crippen molar-refractivity contribution in [1.82, 2.24) is 9.78 Å². The summed E-state index contributed by atoms with van der Waals surface area (Å²) >= 11 is 0. The van der Waals surface area contributed by atoms with E-state index in [1.165, 1.54) is 11.1 Å². The van der Waals surface area contributed by atoms with Gasteiger partial charge >= 0.3 is 0 Å². The molecule has 0 radical (unpaired) electrons. The number of ketones is 1. The van der Waals surface area contributed by atoms with Crippen LogP contribution < -0.4 is 9.47 Å². The van der Waals surface area contributed by atoms with E-state index in [1.54, 1.807) is 24.3 Å². The molecule has 28 heavy (non-hydrogen) atoms. The van der Waals surface area contributed by atoms with Gasteiger partial charge in [-0.1, -0.05) is 29.8 Å². The second kappa shape index (κ2) is 7.35. The first kappa shape index (κ1) is 18.0. The number of aryl methyl sites for hydroxylation is 2. The molecule has 1 aromatic heterocycles. The number of fused-ring (bicyclic) bond motifs is 1.